The molecule has 0 aliphatic rings. The lowest BCUT2D eigenvalue weighted by Crippen LogP contribution is -2.34. The van der Waals surface area contributed by atoms with E-state index >= 15 is 0 Å². The molecule has 1 aromatic heterocycles. The number of aliphatic hydroxyl groups excluding tert-OH is 1. The van der Waals surface area contributed by atoms with Gasteiger partial charge in [0.05, 0.1) is 5.56 Å². The molecule has 1 rings (SSSR count). The van der Waals surface area contributed by atoms with E-state index in [1.54, 1.807) is 30.3 Å². The molecule has 0 radical (unpaired) electrons. The molecule has 0 aliphatic heterocycles. The lowest BCUT2D eigenvalue weighted by atomic mass is 10.1. The van der Waals surface area contributed by atoms with Gasteiger partial charge < -0.3 is 10.0 Å². The number of amides is 1. The van der Waals surface area contributed by atoms with Crippen LogP contribution in [0, 0.1) is 11.8 Å². The molecule has 0 aliphatic carbocycles. The smallest absolute Gasteiger partial charge is 0.273 e. The molecule has 0 atom stereocenters. The molecule has 1 amide bonds. The van der Waals surface area contributed by atoms with E-state index in [1.807, 2.05) is 13.8 Å². The van der Waals surface area contributed by atoms with Crippen molar-refractivity contribution in [2.24, 2.45) is 0 Å². The lowest BCUT2D eigenvalue weighted by Gasteiger charge is -2.21. The van der Waals surface area contributed by atoms with Gasteiger partial charge in [0.15, 0.2) is 0 Å². The molecule has 0 spiro atoms. The summed E-state index contributed by atoms with van der Waals surface area (Å²) in [5.74, 6) is 5.09. The summed E-state index contributed by atoms with van der Waals surface area (Å²) in [5.41, 5.74) is 0.865. The molecule has 0 aromatic carbocycles. The second-order valence-corrected chi connectivity index (χ2v) is 3.87. The molecule has 1 N–H and O–H groups in total. The van der Waals surface area contributed by atoms with Gasteiger partial charge in [-0.25, -0.2) is 4.98 Å². The van der Waals surface area contributed by atoms with Crippen molar-refractivity contribution in [1.29, 1.82) is 0 Å². The SMILES string of the molecule is CC(C)N(C)C(=O)c1ncccc1C#CCO. The van der Waals surface area contributed by atoms with Crippen LogP contribution in [0.5, 0.6) is 0 Å². The number of aliphatic hydroxyl groups is 1. The van der Waals surface area contributed by atoms with Crippen molar-refractivity contribution >= 4 is 5.91 Å². The van der Waals surface area contributed by atoms with Crippen molar-refractivity contribution in [3.05, 3.63) is 29.6 Å². The fourth-order valence-corrected chi connectivity index (χ4v) is 1.21. The zero-order valence-electron chi connectivity index (χ0n) is 10.3. The minimum absolute atomic E-state index is 0.100. The summed E-state index contributed by atoms with van der Waals surface area (Å²) < 4.78 is 0. The Kier molecular flexibility index (Phi) is 4.68. The van der Waals surface area contributed by atoms with Crippen molar-refractivity contribution in [3.63, 3.8) is 0 Å². The molecular weight excluding hydrogens is 216 g/mol. The second-order valence-electron chi connectivity index (χ2n) is 3.87. The summed E-state index contributed by atoms with van der Waals surface area (Å²) in [6.07, 6.45) is 1.56. The van der Waals surface area contributed by atoms with Gasteiger partial charge in [0.25, 0.3) is 5.91 Å². The van der Waals surface area contributed by atoms with Gasteiger partial charge in [-0.15, -0.1) is 0 Å². The Morgan fingerprint density at radius 2 is 2.29 bits per heavy atom. The zero-order valence-corrected chi connectivity index (χ0v) is 10.3. The van der Waals surface area contributed by atoms with E-state index < -0.39 is 0 Å². The predicted octanol–water partition coefficient (Wildman–Crippen LogP) is 0.906. The van der Waals surface area contributed by atoms with Crippen molar-refractivity contribution in [2.45, 2.75) is 19.9 Å². The number of hydrogen-bond acceptors (Lipinski definition) is 3. The van der Waals surface area contributed by atoms with Crippen LogP contribution in [0.4, 0.5) is 0 Å². The third-order valence-corrected chi connectivity index (χ3v) is 2.41. The summed E-state index contributed by atoms with van der Waals surface area (Å²) in [7, 11) is 1.73. The van der Waals surface area contributed by atoms with Crippen LogP contribution in [-0.4, -0.2) is 40.6 Å². The molecule has 1 aromatic rings. The third-order valence-electron chi connectivity index (χ3n) is 2.41. The third kappa shape index (κ3) is 3.30. The first-order chi connectivity index (χ1) is 8.07. The summed E-state index contributed by atoms with van der Waals surface area (Å²) >= 11 is 0. The van der Waals surface area contributed by atoms with Gasteiger partial charge in [0.1, 0.15) is 12.3 Å². The Balaban J connectivity index is 3.09. The summed E-state index contributed by atoms with van der Waals surface area (Å²) in [6, 6.07) is 3.54. The van der Waals surface area contributed by atoms with Gasteiger partial charge in [-0.05, 0) is 26.0 Å². The molecule has 90 valence electrons. The van der Waals surface area contributed by atoms with E-state index in [9.17, 15) is 4.79 Å². The predicted molar refractivity (Wildman–Crippen MR) is 65.4 cm³/mol. The highest BCUT2D eigenvalue weighted by Gasteiger charge is 2.18. The monoisotopic (exact) mass is 232 g/mol. The number of aromatic nitrogens is 1. The molecule has 0 fully saturated rings. The molecule has 0 unspecified atom stereocenters. The molecular formula is C13H16N2O2. The van der Waals surface area contributed by atoms with Gasteiger partial charge in [0, 0.05) is 19.3 Å². The largest absolute Gasteiger partial charge is 0.384 e. The maximum Gasteiger partial charge on any atom is 0.273 e. The first-order valence-corrected chi connectivity index (χ1v) is 5.39. The van der Waals surface area contributed by atoms with Crippen LogP contribution in [0.3, 0.4) is 0 Å². The van der Waals surface area contributed by atoms with Crippen LogP contribution < -0.4 is 0 Å². The van der Waals surface area contributed by atoms with Crippen LogP contribution in [0.25, 0.3) is 0 Å². The van der Waals surface area contributed by atoms with Crippen LogP contribution in [-0.2, 0) is 0 Å². The van der Waals surface area contributed by atoms with E-state index in [-0.39, 0.29) is 18.6 Å². The minimum Gasteiger partial charge on any atom is -0.384 e. The molecule has 0 saturated carbocycles. The normalized spacial score (nSPS) is 9.71. The van der Waals surface area contributed by atoms with Gasteiger partial charge in [-0.1, -0.05) is 11.8 Å². The lowest BCUT2D eigenvalue weighted by molar-refractivity contribution is 0.0748. The molecule has 17 heavy (non-hydrogen) atoms. The average molecular weight is 232 g/mol. The van der Waals surface area contributed by atoms with Crippen LogP contribution in [0.1, 0.15) is 29.9 Å². The highest BCUT2D eigenvalue weighted by Crippen LogP contribution is 2.08. The van der Waals surface area contributed by atoms with E-state index in [4.69, 9.17) is 5.11 Å². The number of carbonyl (C=O) groups excluding carboxylic acids is 1. The number of hydrogen-bond donors (Lipinski definition) is 1. The Hall–Kier alpha value is -1.86. The molecule has 0 bridgehead atoms. The van der Waals surface area contributed by atoms with Crippen molar-refractivity contribution in [2.75, 3.05) is 13.7 Å². The number of rotatable bonds is 2. The van der Waals surface area contributed by atoms with E-state index in [0.29, 0.717) is 11.3 Å². The first-order valence-electron chi connectivity index (χ1n) is 5.39. The standard InChI is InChI=1S/C13H16N2O2/c1-10(2)15(3)13(17)12-11(7-5-9-16)6-4-8-14-12/h4,6,8,10,16H,9H2,1-3H3. The minimum atomic E-state index is -0.234. The summed E-state index contributed by atoms with van der Waals surface area (Å²) in [4.78, 5) is 17.8. The maximum atomic E-state index is 12.1. The average Bonchev–Trinajstić information content (AvgIpc) is 2.34. The Labute approximate surface area is 101 Å². The van der Waals surface area contributed by atoms with E-state index in [2.05, 4.69) is 16.8 Å². The Morgan fingerprint density at radius 3 is 2.88 bits per heavy atom. The number of nitrogens with zero attached hydrogens (tertiary/aromatic N) is 2. The van der Waals surface area contributed by atoms with Crippen molar-refractivity contribution < 1.29 is 9.90 Å². The number of pyridine rings is 1. The highest BCUT2D eigenvalue weighted by atomic mass is 16.2. The summed E-state index contributed by atoms with van der Waals surface area (Å²) in [5, 5.41) is 8.67. The van der Waals surface area contributed by atoms with E-state index in [1.165, 1.54) is 0 Å². The second kappa shape index (κ2) is 6.02. The van der Waals surface area contributed by atoms with Crippen LogP contribution in [0.2, 0.25) is 0 Å². The molecule has 0 saturated heterocycles. The summed E-state index contributed by atoms with van der Waals surface area (Å²) in [6.45, 7) is 3.63. The first kappa shape index (κ1) is 13.2. The van der Waals surface area contributed by atoms with Crippen molar-refractivity contribution in [1.82, 2.24) is 9.88 Å². The van der Waals surface area contributed by atoms with Crippen molar-refractivity contribution in [3.8, 4) is 11.8 Å². The molecule has 1 heterocycles. The maximum absolute atomic E-state index is 12.1. The van der Waals surface area contributed by atoms with Crippen LogP contribution >= 0.6 is 0 Å². The molecule has 4 nitrogen and oxygen atoms in total. The van der Waals surface area contributed by atoms with Gasteiger partial charge in [-0.3, -0.25) is 4.79 Å². The Bertz CT molecular complexity index is 458. The zero-order chi connectivity index (χ0) is 12.8. The number of carbonyl (C=O) groups is 1. The van der Waals surface area contributed by atoms with Crippen LogP contribution in [0.15, 0.2) is 18.3 Å². The topological polar surface area (TPSA) is 53.4 Å². The fraction of sp³-hybridized carbons (Fsp3) is 0.385. The molecule has 4 heteroatoms. The van der Waals surface area contributed by atoms with E-state index in [0.717, 1.165) is 0 Å². The quantitative estimate of drug-likeness (QED) is 0.771. The van der Waals surface area contributed by atoms with Gasteiger partial charge in [-0.2, -0.15) is 0 Å². The highest BCUT2D eigenvalue weighted by molar-refractivity contribution is 5.94. The Morgan fingerprint density at radius 1 is 1.59 bits per heavy atom. The van der Waals surface area contributed by atoms with Gasteiger partial charge >= 0.3 is 0 Å². The fourth-order valence-electron chi connectivity index (χ4n) is 1.21. The van der Waals surface area contributed by atoms with Gasteiger partial charge in [0.2, 0.25) is 0 Å².